The van der Waals surface area contributed by atoms with Crippen LogP contribution in [0.3, 0.4) is 0 Å². The predicted molar refractivity (Wildman–Crippen MR) is 90.3 cm³/mol. The van der Waals surface area contributed by atoms with E-state index in [1.54, 1.807) is 6.07 Å². The monoisotopic (exact) mass is 345 g/mol. The van der Waals surface area contributed by atoms with Gasteiger partial charge in [-0.3, -0.25) is 0 Å². The van der Waals surface area contributed by atoms with Crippen molar-refractivity contribution in [2.24, 2.45) is 0 Å². The van der Waals surface area contributed by atoms with Crippen LogP contribution in [0.1, 0.15) is 15.5 Å². The summed E-state index contributed by atoms with van der Waals surface area (Å²) in [6.07, 6.45) is 0. The Morgan fingerprint density at radius 1 is 1.17 bits per heavy atom. The van der Waals surface area contributed by atoms with E-state index < -0.39 is 5.97 Å². The Balaban J connectivity index is 1.72. The van der Waals surface area contributed by atoms with Gasteiger partial charge in [-0.15, -0.1) is 11.3 Å². The zero-order valence-electron chi connectivity index (χ0n) is 11.9. The third kappa shape index (κ3) is 3.70. The zero-order valence-corrected chi connectivity index (χ0v) is 13.5. The van der Waals surface area contributed by atoms with Crippen molar-refractivity contribution >= 4 is 28.9 Å². The summed E-state index contributed by atoms with van der Waals surface area (Å²) < 4.78 is 5.63. The maximum absolute atomic E-state index is 10.8. The number of thiazole rings is 1. The van der Waals surface area contributed by atoms with E-state index in [1.807, 2.05) is 42.5 Å². The number of carbonyl (C=O) groups is 1. The summed E-state index contributed by atoms with van der Waals surface area (Å²) in [6.45, 7) is 0.183. The molecule has 0 bridgehead atoms. The van der Waals surface area contributed by atoms with Crippen LogP contribution in [0.2, 0.25) is 5.02 Å². The van der Waals surface area contributed by atoms with Gasteiger partial charge in [-0.05, 0) is 23.3 Å². The quantitative estimate of drug-likeness (QED) is 0.725. The number of hydrogen-bond donors (Lipinski definition) is 1. The van der Waals surface area contributed by atoms with Crippen LogP contribution in [-0.2, 0) is 6.61 Å². The minimum absolute atomic E-state index is 0.0270. The second-order valence-corrected chi connectivity index (χ2v) is 6.08. The summed E-state index contributed by atoms with van der Waals surface area (Å²) in [7, 11) is 0. The van der Waals surface area contributed by atoms with Crippen LogP contribution in [0.4, 0.5) is 0 Å². The molecule has 0 spiro atoms. The standard InChI is InChI=1S/C17H12ClNO3S/c18-13-8-12(11-4-2-1-3-5-11)6-7-15(13)22-9-16-19-14(10-23-16)17(20)21/h1-8,10H,9H2,(H,20,21). The second-order valence-electron chi connectivity index (χ2n) is 4.73. The van der Waals surface area contributed by atoms with Crippen LogP contribution in [0.25, 0.3) is 11.1 Å². The van der Waals surface area contributed by atoms with Crippen molar-refractivity contribution in [2.45, 2.75) is 6.61 Å². The first-order valence-corrected chi connectivity index (χ1v) is 8.05. The van der Waals surface area contributed by atoms with Crippen molar-refractivity contribution in [3.63, 3.8) is 0 Å². The fraction of sp³-hybridized carbons (Fsp3) is 0.0588. The summed E-state index contributed by atoms with van der Waals surface area (Å²) in [5.74, 6) is -0.504. The van der Waals surface area contributed by atoms with Crippen LogP contribution in [0.15, 0.2) is 53.9 Å². The van der Waals surface area contributed by atoms with Crippen molar-refractivity contribution in [1.82, 2.24) is 4.98 Å². The molecule has 6 heteroatoms. The molecule has 0 aliphatic heterocycles. The molecule has 0 unspecified atom stereocenters. The number of aromatic carboxylic acids is 1. The summed E-state index contributed by atoms with van der Waals surface area (Å²) in [4.78, 5) is 14.8. The predicted octanol–water partition coefficient (Wildman–Crippen LogP) is 4.74. The highest BCUT2D eigenvalue weighted by Gasteiger charge is 2.10. The molecule has 0 aliphatic carbocycles. The lowest BCUT2D eigenvalue weighted by Crippen LogP contribution is -1.99. The van der Waals surface area contributed by atoms with Gasteiger partial charge in [0.25, 0.3) is 0 Å². The van der Waals surface area contributed by atoms with E-state index in [4.69, 9.17) is 21.4 Å². The highest BCUT2D eigenvalue weighted by Crippen LogP contribution is 2.31. The number of hydrogen-bond acceptors (Lipinski definition) is 4. The zero-order chi connectivity index (χ0) is 16.2. The van der Waals surface area contributed by atoms with E-state index in [9.17, 15) is 4.79 Å². The van der Waals surface area contributed by atoms with Crippen molar-refractivity contribution in [3.05, 3.63) is 69.6 Å². The number of nitrogens with zero attached hydrogens (tertiary/aromatic N) is 1. The molecule has 1 N–H and O–H groups in total. The van der Waals surface area contributed by atoms with Crippen LogP contribution in [0, 0.1) is 0 Å². The Morgan fingerprint density at radius 3 is 2.61 bits per heavy atom. The summed E-state index contributed by atoms with van der Waals surface area (Å²) in [5.41, 5.74) is 2.11. The molecular weight excluding hydrogens is 334 g/mol. The lowest BCUT2D eigenvalue weighted by molar-refractivity contribution is 0.0691. The third-order valence-electron chi connectivity index (χ3n) is 3.16. The number of rotatable bonds is 5. The van der Waals surface area contributed by atoms with Gasteiger partial charge in [0.05, 0.1) is 5.02 Å². The normalized spacial score (nSPS) is 10.5. The Morgan fingerprint density at radius 2 is 1.96 bits per heavy atom. The molecule has 4 nitrogen and oxygen atoms in total. The molecule has 0 fully saturated rings. The average molecular weight is 346 g/mol. The molecular formula is C17H12ClNO3S. The SMILES string of the molecule is O=C(O)c1csc(COc2ccc(-c3ccccc3)cc2Cl)n1. The molecule has 1 heterocycles. The molecule has 0 radical (unpaired) electrons. The largest absolute Gasteiger partial charge is 0.485 e. The maximum atomic E-state index is 10.8. The fourth-order valence-electron chi connectivity index (χ4n) is 2.04. The molecule has 116 valence electrons. The number of benzene rings is 2. The molecule has 3 rings (SSSR count). The smallest absolute Gasteiger partial charge is 0.355 e. The summed E-state index contributed by atoms with van der Waals surface area (Å²) in [5, 5.41) is 11.4. The van der Waals surface area contributed by atoms with Gasteiger partial charge >= 0.3 is 5.97 Å². The first-order valence-electron chi connectivity index (χ1n) is 6.79. The van der Waals surface area contributed by atoms with E-state index in [0.717, 1.165) is 11.1 Å². The van der Waals surface area contributed by atoms with Gasteiger partial charge in [-0.25, -0.2) is 9.78 Å². The van der Waals surface area contributed by atoms with E-state index in [-0.39, 0.29) is 12.3 Å². The van der Waals surface area contributed by atoms with Crippen molar-refractivity contribution in [1.29, 1.82) is 0 Å². The van der Waals surface area contributed by atoms with Crippen LogP contribution in [0.5, 0.6) is 5.75 Å². The molecule has 0 atom stereocenters. The van der Waals surface area contributed by atoms with Gasteiger partial charge < -0.3 is 9.84 Å². The van der Waals surface area contributed by atoms with Gasteiger partial charge in [0.1, 0.15) is 17.4 Å². The number of aromatic nitrogens is 1. The maximum Gasteiger partial charge on any atom is 0.355 e. The van der Waals surface area contributed by atoms with Crippen molar-refractivity contribution < 1.29 is 14.6 Å². The molecule has 1 aromatic heterocycles. The van der Waals surface area contributed by atoms with Gasteiger partial charge in [-0.2, -0.15) is 0 Å². The summed E-state index contributed by atoms with van der Waals surface area (Å²) >= 11 is 7.51. The van der Waals surface area contributed by atoms with E-state index in [0.29, 0.717) is 15.8 Å². The molecule has 0 saturated heterocycles. The minimum atomic E-state index is -1.04. The Kier molecular flexibility index (Phi) is 4.60. The first kappa shape index (κ1) is 15.5. The Bertz CT molecular complexity index is 833. The van der Waals surface area contributed by atoms with Crippen molar-refractivity contribution in [2.75, 3.05) is 0 Å². The van der Waals surface area contributed by atoms with Crippen LogP contribution < -0.4 is 4.74 Å². The number of carboxylic acids is 1. The van der Waals surface area contributed by atoms with Gasteiger partial charge in [-0.1, -0.05) is 48.0 Å². The van der Waals surface area contributed by atoms with Crippen LogP contribution >= 0.6 is 22.9 Å². The average Bonchev–Trinajstić information content (AvgIpc) is 3.04. The third-order valence-corrected chi connectivity index (χ3v) is 4.28. The van der Waals surface area contributed by atoms with E-state index in [2.05, 4.69) is 4.98 Å². The number of halogens is 1. The second kappa shape index (κ2) is 6.81. The molecule has 23 heavy (non-hydrogen) atoms. The lowest BCUT2D eigenvalue weighted by atomic mass is 10.1. The van der Waals surface area contributed by atoms with Gasteiger partial charge in [0.15, 0.2) is 5.69 Å². The van der Waals surface area contributed by atoms with Gasteiger partial charge in [0.2, 0.25) is 0 Å². The highest BCUT2D eigenvalue weighted by molar-refractivity contribution is 7.09. The van der Waals surface area contributed by atoms with Gasteiger partial charge in [0, 0.05) is 5.38 Å². The van der Waals surface area contributed by atoms with E-state index >= 15 is 0 Å². The fourth-order valence-corrected chi connectivity index (χ4v) is 2.96. The molecule has 0 saturated carbocycles. The number of ether oxygens (including phenoxy) is 1. The molecule has 0 aliphatic rings. The van der Waals surface area contributed by atoms with Crippen LogP contribution in [-0.4, -0.2) is 16.1 Å². The minimum Gasteiger partial charge on any atom is -0.485 e. The van der Waals surface area contributed by atoms with Crippen molar-refractivity contribution in [3.8, 4) is 16.9 Å². The molecule has 0 amide bonds. The first-order chi connectivity index (χ1) is 11.1. The Labute approximate surface area is 142 Å². The topological polar surface area (TPSA) is 59.4 Å². The van der Waals surface area contributed by atoms with E-state index in [1.165, 1.54) is 16.7 Å². The molecule has 2 aromatic carbocycles. The Hall–Kier alpha value is -2.37. The highest BCUT2D eigenvalue weighted by atomic mass is 35.5. The number of carboxylic acid groups (broad SMARTS) is 1. The summed E-state index contributed by atoms with van der Waals surface area (Å²) in [6, 6.07) is 15.5. The lowest BCUT2D eigenvalue weighted by Gasteiger charge is -2.08. The molecule has 3 aromatic rings.